The zero-order valence-electron chi connectivity index (χ0n) is 17.0. The average molecular weight is 418 g/mol. The molecule has 0 aliphatic rings. The SMILES string of the molecule is Cc1cc(C)c2nc(N(Cc3ccccn3)C(=O)CCOc3ccccc3)sc2c1. The molecule has 0 spiro atoms. The Hall–Kier alpha value is -3.25. The van der Waals surface area contributed by atoms with Crippen LogP contribution in [0, 0.1) is 13.8 Å². The van der Waals surface area contributed by atoms with Gasteiger partial charge >= 0.3 is 0 Å². The molecule has 5 nitrogen and oxygen atoms in total. The molecule has 2 aromatic carbocycles. The maximum Gasteiger partial charge on any atom is 0.232 e. The van der Waals surface area contributed by atoms with Crippen LogP contribution >= 0.6 is 11.3 Å². The maximum absolute atomic E-state index is 13.2. The van der Waals surface area contributed by atoms with Gasteiger partial charge in [0.25, 0.3) is 0 Å². The minimum Gasteiger partial charge on any atom is -0.493 e. The summed E-state index contributed by atoms with van der Waals surface area (Å²) in [4.78, 5) is 24.1. The molecular weight excluding hydrogens is 394 g/mol. The number of rotatable bonds is 7. The summed E-state index contributed by atoms with van der Waals surface area (Å²) >= 11 is 1.54. The van der Waals surface area contributed by atoms with Crippen LogP contribution in [0.3, 0.4) is 0 Å². The number of para-hydroxylation sites is 1. The predicted molar refractivity (Wildman–Crippen MR) is 121 cm³/mol. The highest BCUT2D eigenvalue weighted by molar-refractivity contribution is 7.22. The third-order valence-electron chi connectivity index (χ3n) is 4.72. The maximum atomic E-state index is 13.2. The average Bonchev–Trinajstić information content (AvgIpc) is 3.17. The molecule has 0 atom stereocenters. The Kier molecular flexibility index (Phi) is 6.05. The van der Waals surface area contributed by atoms with Crippen molar-refractivity contribution in [2.75, 3.05) is 11.5 Å². The molecule has 4 aromatic rings. The summed E-state index contributed by atoms with van der Waals surface area (Å²) in [6.45, 7) is 4.81. The first kappa shape index (κ1) is 20.0. The fraction of sp³-hybridized carbons (Fsp3) is 0.208. The lowest BCUT2D eigenvalue weighted by Crippen LogP contribution is -2.31. The number of ether oxygens (including phenoxy) is 1. The van der Waals surface area contributed by atoms with Gasteiger partial charge in [-0.05, 0) is 55.3 Å². The van der Waals surface area contributed by atoms with E-state index >= 15 is 0 Å². The fourth-order valence-corrected chi connectivity index (χ4v) is 4.46. The summed E-state index contributed by atoms with van der Waals surface area (Å²) in [5, 5.41) is 0.689. The molecule has 0 bridgehead atoms. The van der Waals surface area contributed by atoms with E-state index in [0.29, 0.717) is 18.3 Å². The molecule has 30 heavy (non-hydrogen) atoms. The highest BCUT2D eigenvalue weighted by Gasteiger charge is 2.21. The lowest BCUT2D eigenvalue weighted by molar-refractivity contribution is -0.119. The summed E-state index contributed by atoms with van der Waals surface area (Å²) in [7, 11) is 0. The highest BCUT2D eigenvalue weighted by atomic mass is 32.1. The Bertz CT molecular complexity index is 1140. The van der Waals surface area contributed by atoms with E-state index in [9.17, 15) is 4.79 Å². The molecular formula is C24H23N3O2S. The van der Waals surface area contributed by atoms with Crippen molar-refractivity contribution in [2.45, 2.75) is 26.8 Å². The first-order valence-corrected chi connectivity index (χ1v) is 10.7. The molecule has 0 aliphatic heterocycles. The second-order valence-electron chi connectivity index (χ2n) is 7.14. The highest BCUT2D eigenvalue weighted by Crippen LogP contribution is 2.32. The molecule has 152 valence electrons. The number of fused-ring (bicyclic) bond motifs is 1. The molecule has 4 rings (SSSR count). The van der Waals surface area contributed by atoms with Crippen molar-refractivity contribution >= 4 is 32.6 Å². The molecule has 0 saturated heterocycles. The minimum absolute atomic E-state index is 0.0370. The van der Waals surface area contributed by atoms with Gasteiger partial charge in [0.05, 0.1) is 35.5 Å². The summed E-state index contributed by atoms with van der Waals surface area (Å²) in [5.41, 5.74) is 4.07. The van der Waals surface area contributed by atoms with Gasteiger partial charge in [0.2, 0.25) is 5.91 Å². The van der Waals surface area contributed by atoms with Crippen LogP contribution in [0.5, 0.6) is 5.75 Å². The molecule has 0 fully saturated rings. The van der Waals surface area contributed by atoms with E-state index in [-0.39, 0.29) is 12.3 Å². The van der Waals surface area contributed by atoms with Gasteiger partial charge in [0, 0.05) is 6.20 Å². The number of aryl methyl sites for hydroxylation is 2. The lowest BCUT2D eigenvalue weighted by atomic mass is 10.1. The van der Waals surface area contributed by atoms with E-state index in [1.807, 2.05) is 48.5 Å². The number of nitrogens with zero attached hydrogens (tertiary/aromatic N) is 3. The number of pyridine rings is 1. The number of thiazole rings is 1. The monoisotopic (exact) mass is 417 g/mol. The quantitative estimate of drug-likeness (QED) is 0.409. The Morgan fingerprint density at radius 1 is 1.07 bits per heavy atom. The summed E-state index contributed by atoms with van der Waals surface area (Å²) in [6.07, 6.45) is 2.00. The van der Waals surface area contributed by atoms with Crippen LogP contribution in [0.4, 0.5) is 5.13 Å². The van der Waals surface area contributed by atoms with Crippen LogP contribution in [0.1, 0.15) is 23.2 Å². The molecule has 0 N–H and O–H groups in total. The standard InChI is InChI=1S/C24H23N3O2S/c1-17-14-18(2)23-21(15-17)30-24(26-23)27(16-19-8-6-7-12-25-19)22(28)11-13-29-20-9-4-3-5-10-20/h3-10,12,14-15H,11,13,16H2,1-2H3. The van der Waals surface area contributed by atoms with Gasteiger partial charge < -0.3 is 4.74 Å². The number of amides is 1. The van der Waals surface area contributed by atoms with Crippen LogP contribution in [-0.4, -0.2) is 22.5 Å². The van der Waals surface area contributed by atoms with E-state index < -0.39 is 0 Å². The normalized spacial score (nSPS) is 10.9. The number of hydrogen-bond donors (Lipinski definition) is 0. The molecule has 0 saturated carbocycles. The van der Waals surface area contributed by atoms with Gasteiger partial charge in [-0.2, -0.15) is 0 Å². The lowest BCUT2D eigenvalue weighted by Gasteiger charge is -2.19. The van der Waals surface area contributed by atoms with E-state index in [2.05, 4.69) is 31.0 Å². The zero-order chi connectivity index (χ0) is 20.9. The van der Waals surface area contributed by atoms with Gasteiger partial charge in [0.15, 0.2) is 5.13 Å². The van der Waals surface area contributed by atoms with Crippen molar-refractivity contribution in [1.29, 1.82) is 0 Å². The van der Waals surface area contributed by atoms with Crippen molar-refractivity contribution in [3.05, 3.63) is 83.7 Å². The number of hydrogen-bond acceptors (Lipinski definition) is 5. The van der Waals surface area contributed by atoms with E-state index in [1.54, 1.807) is 11.1 Å². The Balaban J connectivity index is 1.57. The molecule has 2 aromatic heterocycles. The van der Waals surface area contributed by atoms with Gasteiger partial charge in [0.1, 0.15) is 5.75 Å². The van der Waals surface area contributed by atoms with Crippen LogP contribution in [0.2, 0.25) is 0 Å². The second kappa shape index (κ2) is 9.05. The van der Waals surface area contributed by atoms with Crippen LogP contribution in [-0.2, 0) is 11.3 Å². The first-order valence-electron chi connectivity index (χ1n) is 9.86. The molecule has 6 heteroatoms. The third kappa shape index (κ3) is 4.66. The number of anilines is 1. The van der Waals surface area contributed by atoms with E-state index in [0.717, 1.165) is 27.2 Å². The molecule has 1 amide bonds. The summed E-state index contributed by atoms with van der Waals surface area (Å²) in [5.74, 6) is 0.720. The topological polar surface area (TPSA) is 55.3 Å². The van der Waals surface area contributed by atoms with Crippen molar-refractivity contribution in [1.82, 2.24) is 9.97 Å². The Labute approximate surface area is 180 Å². The van der Waals surface area contributed by atoms with Crippen LogP contribution in [0.15, 0.2) is 66.9 Å². The van der Waals surface area contributed by atoms with Crippen molar-refractivity contribution in [3.8, 4) is 5.75 Å². The number of benzene rings is 2. The molecule has 0 aliphatic carbocycles. The molecule has 0 radical (unpaired) electrons. The third-order valence-corrected chi connectivity index (χ3v) is 5.75. The van der Waals surface area contributed by atoms with Gasteiger partial charge in [-0.15, -0.1) is 0 Å². The van der Waals surface area contributed by atoms with E-state index in [4.69, 9.17) is 9.72 Å². The van der Waals surface area contributed by atoms with Gasteiger partial charge in [-0.3, -0.25) is 14.7 Å². The minimum atomic E-state index is -0.0370. The van der Waals surface area contributed by atoms with Gasteiger partial charge in [-0.25, -0.2) is 4.98 Å². The van der Waals surface area contributed by atoms with Crippen molar-refractivity contribution in [3.63, 3.8) is 0 Å². The number of carbonyl (C=O) groups excluding carboxylic acids is 1. The van der Waals surface area contributed by atoms with Crippen LogP contribution in [0.25, 0.3) is 10.2 Å². The number of carbonyl (C=O) groups is 1. The van der Waals surface area contributed by atoms with Gasteiger partial charge in [-0.1, -0.05) is 41.7 Å². The van der Waals surface area contributed by atoms with Crippen molar-refractivity contribution < 1.29 is 9.53 Å². The molecule has 0 unspecified atom stereocenters. The fourth-order valence-electron chi connectivity index (χ4n) is 3.30. The first-order chi connectivity index (χ1) is 14.6. The number of aromatic nitrogens is 2. The Morgan fingerprint density at radius 2 is 1.87 bits per heavy atom. The van der Waals surface area contributed by atoms with E-state index in [1.165, 1.54) is 16.9 Å². The smallest absolute Gasteiger partial charge is 0.232 e. The largest absolute Gasteiger partial charge is 0.493 e. The predicted octanol–water partition coefficient (Wildman–Crippen LogP) is 5.31. The van der Waals surface area contributed by atoms with Crippen LogP contribution < -0.4 is 9.64 Å². The zero-order valence-corrected chi connectivity index (χ0v) is 17.9. The second-order valence-corrected chi connectivity index (χ2v) is 8.15. The summed E-state index contributed by atoms with van der Waals surface area (Å²) in [6, 6.07) is 19.5. The summed E-state index contributed by atoms with van der Waals surface area (Å²) < 4.78 is 6.81. The Morgan fingerprint density at radius 3 is 2.63 bits per heavy atom. The van der Waals surface area contributed by atoms with Crippen molar-refractivity contribution in [2.24, 2.45) is 0 Å². The molecule has 2 heterocycles.